The van der Waals surface area contributed by atoms with Crippen molar-refractivity contribution in [3.63, 3.8) is 0 Å². The van der Waals surface area contributed by atoms with E-state index in [1.165, 1.54) is 17.2 Å². The van der Waals surface area contributed by atoms with Crippen LogP contribution in [0.25, 0.3) is 0 Å². The summed E-state index contributed by atoms with van der Waals surface area (Å²) < 4.78 is 13.6. The highest BCUT2D eigenvalue weighted by molar-refractivity contribution is 5.60. The average molecular weight is 336 g/mol. The molecule has 0 aliphatic heterocycles. The van der Waals surface area contributed by atoms with Crippen molar-refractivity contribution >= 4 is 17.5 Å². The lowest BCUT2D eigenvalue weighted by atomic mass is 10.1. The zero-order chi connectivity index (χ0) is 17.6. The van der Waals surface area contributed by atoms with Gasteiger partial charge in [0.2, 0.25) is 5.95 Å². The van der Waals surface area contributed by atoms with Crippen LogP contribution in [-0.2, 0) is 6.42 Å². The van der Waals surface area contributed by atoms with E-state index in [1.807, 2.05) is 18.2 Å². The van der Waals surface area contributed by atoms with E-state index in [4.69, 9.17) is 0 Å². The topological polar surface area (TPSA) is 49.8 Å². The van der Waals surface area contributed by atoms with Gasteiger partial charge in [-0.15, -0.1) is 0 Å². The zero-order valence-electron chi connectivity index (χ0n) is 14.4. The predicted octanol–water partition coefficient (Wildman–Crippen LogP) is 4.63. The molecule has 3 rings (SSSR count). The number of hydrogen-bond donors (Lipinski definition) is 2. The molecule has 5 heteroatoms. The quantitative estimate of drug-likeness (QED) is 0.689. The molecule has 0 bridgehead atoms. The SMILES string of the molecule is Cc1cccc(Nc2nccc(NCCc3ccccc3F)n2)c1C. The fraction of sp³-hybridized carbons (Fsp3) is 0.200. The van der Waals surface area contributed by atoms with Crippen molar-refractivity contribution in [1.29, 1.82) is 0 Å². The van der Waals surface area contributed by atoms with Gasteiger partial charge in [0.05, 0.1) is 0 Å². The van der Waals surface area contributed by atoms with E-state index in [0.29, 0.717) is 30.3 Å². The first-order valence-corrected chi connectivity index (χ1v) is 8.27. The maximum Gasteiger partial charge on any atom is 0.229 e. The number of benzene rings is 2. The Bertz CT molecular complexity index is 864. The summed E-state index contributed by atoms with van der Waals surface area (Å²) in [6, 6.07) is 14.7. The molecule has 25 heavy (non-hydrogen) atoms. The minimum absolute atomic E-state index is 0.177. The van der Waals surface area contributed by atoms with Crippen LogP contribution in [0.5, 0.6) is 0 Å². The standard InChI is InChI=1S/C20H21FN4/c1-14-6-5-9-18(15(14)2)24-20-23-13-11-19(25-20)22-12-10-16-7-3-4-8-17(16)21/h3-9,11,13H,10,12H2,1-2H3,(H2,22,23,24,25). The fourth-order valence-electron chi connectivity index (χ4n) is 2.55. The smallest absolute Gasteiger partial charge is 0.229 e. The number of nitrogens with zero attached hydrogens (tertiary/aromatic N) is 2. The average Bonchev–Trinajstić information content (AvgIpc) is 2.61. The molecule has 0 spiro atoms. The van der Waals surface area contributed by atoms with Crippen LogP contribution in [0.3, 0.4) is 0 Å². The van der Waals surface area contributed by atoms with Crippen LogP contribution < -0.4 is 10.6 Å². The third kappa shape index (κ3) is 4.32. The van der Waals surface area contributed by atoms with Gasteiger partial charge in [-0.05, 0) is 55.2 Å². The second kappa shape index (κ2) is 7.75. The summed E-state index contributed by atoms with van der Waals surface area (Å²) in [5, 5.41) is 6.46. The number of aromatic nitrogens is 2. The maximum absolute atomic E-state index is 13.6. The van der Waals surface area contributed by atoms with Gasteiger partial charge in [-0.1, -0.05) is 30.3 Å². The van der Waals surface area contributed by atoms with Gasteiger partial charge in [0.15, 0.2) is 0 Å². The highest BCUT2D eigenvalue weighted by Gasteiger charge is 2.05. The molecule has 4 nitrogen and oxygen atoms in total. The van der Waals surface area contributed by atoms with Crippen LogP contribution in [0.4, 0.5) is 21.8 Å². The third-order valence-corrected chi connectivity index (χ3v) is 4.16. The van der Waals surface area contributed by atoms with Gasteiger partial charge in [0.1, 0.15) is 11.6 Å². The van der Waals surface area contributed by atoms with Crippen LogP contribution in [0.15, 0.2) is 54.7 Å². The number of nitrogens with one attached hydrogen (secondary N) is 2. The summed E-state index contributed by atoms with van der Waals surface area (Å²) in [6.45, 7) is 4.73. The molecule has 2 N–H and O–H groups in total. The Hall–Kier alpha value is -2.95. The normalized spacial score (nSPS) is 10.5. The first-order valence-electron chi connectivity index (χ1n) is 8.27. The van der Waals surface area contributed by atoms with Crippen molar-refractivity contribution in [3.8, 4) is 0 Å². The van der Waals surface area contributed by atoms with Gasteiger partial charge in [0, 0.05) is 18.4 Å². The zero-order valence-corrected chi connectivity index (χ0v) is 14.4. The molecule has 0 amide bonds. The van der Waals surface area contributed by atoms with Gasteiger partial charge < -0.3 is 10.6 Å². The summed E-state index contributed by atoms with van der Waals surface area (Å²) in [5.74, 6) is 1.06. The number of halogens is 1. The summed E-state index contributed by atoms with van der Waals surface area (Å²) in [4.78, 5) is 8.73. The molecule has 0 unspecified atom stereocenters. The summed E-state index contributed by atoms with van der Waals surface area (Å²) >= 11 is 0. The number of anilines is 3. The molecule has 0 saturated heterocycles. The van der Waals surface area contributed by atoms with Crippen molar-refractivity contribution in [3.05, 3.63) is 77.2 Å². The molecule has 0 radical (unpaired) electrons. The minimum Gasteiger partial charge on any atom is -0.370 e. The number of hydrogen-bond acceptors (Lipinski definition) is 4. The highest BCUT2D eigenvalue weighted by Crippen LogP contribution is 2.21. The highest BCUT2D eigenvalue weighted by atomic mass is 19.1. The summed E-state index contributed by atoms with van der Waals surface area (Å²) in [5.41, 5.74) is 4.06. The molecule has 2 aromatic carbocycles. The summed E-state index contributed by atoms with van der Waals surface area (Å²) in [6.07, 6.45) is 2.29. The molecular formula is C20H21FN4. The van der Waals surface area contributed by atoms with Crippen LogP contribution in [-0.4, -0.2) is 16.5 Å². The van der Waals surface area contributed by atoms with Crippen LogP contribution in [0.2, 0.25) is 0 Å². The Morgan fingerprint density at radius 2 is 1.84 bits per heavy atom. The van der Waals surface area contributed by atoms with Gasteiger partial charge in [-0.25, -0.2) is 9.37 Å². The van der Waals surface area contributed by atoms with E-state index < -0.39 is 0 Å². The van der Waals surface area contributed by atoms with Gasteiger partial charge in [-0.2, -0.15) is 4.98 Å². The van der Waals surface area contributed by atoms with Crippen LogP contribution in [0.1, 0.15) is 16.7 Å². The first-order chi connectivity index (χ1) is 12.1. The largest absolute Gasteiger partial charge is 0.370 e. The van der Waals surface area contributed by atoms with Crippen molar-refractivity contribution in [2.24, 2.45) is 0 Å². The van der Waals surface area contributed by atoms with Gasteiger partial charge in [-0.3, -0.25) is 0 Å². The molecular weight excluding hydrogens is 315 g/mol. The van der Waals surface area contributed by atoms with Crippen LogP contribution >= 0.6 is 0 Å². The lowest BCUT2D eigenvalue weighted by Crippen LogP contribution is -2.08. The summed E-state index contributed by atoms with van der Waals surface area (Å²) in [7, 11) is 0. The van der Waals surface area contributed by atoms with E-state index in [-0.39, 0.29) is 5.82 Å². The van der Waals surface area contributed by atoms with Crippen LogP contribution in [0, 0.1) is 19.7 Å². The minimum atomic E-state index is -0.177. The molecule has 0 aliphatic rings. The molecule has 1 heterocycles. The van der Waals surface area contributed by atoms with E-state index in [0.717, 1.165) is 5.69 Å². The number of aryl methyl sites for hydroxylation is 1. The predicted molar refractivity (Wildman–Crippen MR) is 99.8 cm³/mol. The Labute approximate surface area is 147 Å². The van der Waals surface area contributed by atoms with E-state index in [2.05, 4.69) is 40.5 Å². The molecule has 0 fully saturated rings. The lowest BCUT2D eigenvalue weighted by molar-refractivity contribution is 0.610. The van der Waals surface area contributed by atoms with Crippen molar-refractivity contribution in [2.45, 2.75) is 20.3 Å². The molecule has 128 valence electrons. The van der Waals surface area contributed by atoms with Crippen molar-refractivity contribution < 1.29 is 4.39 Å². The molecule has 0 saturated carbocycles. The monoisotopic (exact) mass is 336 g/mol. The first kappa shape index (κ1) is 16.9. The maximum atomic E-state index is 13.6. The second-order valence-corrected chi connectivity index (χ2v) is 5.91. The van der Waals surface area contributed by atoms with E-state index >= 15 is 0 Å². The fourth-order valence-corrected chi connectivity index (χ4v) is 2.55. The lowest BCUT2D eigenvalue weighted by Gasteiger charge is -2.11. The Morgan fingerprint density at radius 1 is 1.00 bits per heavy atom. The Kier molecular flexibility index (Phi) is 5.23. The van der Waals surface area contributed by atoms with E-state index in [1.54, 1.807) is 24.4 Å². The Balaban J connectivity index is 1.63. The second-order valence-electron chi connectivity index (χ2n) is 5.91. The van der Waals surface area contributed by atoms with Gasteiger partial charge >= 0.3 is 0 Å². The Morgan fingerprint density at radius 3 is 2.68 bits per heavy atom. The van der Waals surface area contributed by atoms with Gasteiger partial charge in [0.25, 0.3) is 0 Å². The third-order valence-electron chi connectivity index (χ3n) is 4.16. The molecule has 0 atom stereocenters. The molecule has 1 aromatic heterocycles. The van der Waals surface area contributed by atoms with Crippen molar-refractivity contribution in [2.75, 3.05) is 17.2 Å². The number of rotatable bonds is 6. The molecule has 3 aromatic rings. The molecule has 0 aliphatic carbocycles. The van der Waals surface area contributed by atoms with E-state index in [9.17, 15) is 4.39 Å². The van der Waals surface area contributed by atoms with Crippen molar-refractivity contribution in [1.82, 2.24) is 9.97 Å².